The van der Waals surface area contributed by atoms with Gasteiger partial charge in [-0.15, -0.1) is 5.34 Å². The van der Waals surface area contributed by atoms with Gasteiger partial charge in [-0.2, -0.15) is 0 Å². The van der Waals surface area contributed by atoms with Gasteiger partial charge in [0.15, 0.2) is 0 Å². The predicted molar refractivity (Wildman–Crippen MR) is 148 cm³/mol. The van der Waals surface area contributed by atoms with Crippen LogP contribution in [0.3, 0.4) is 0 Å². The summed E-state index contributed by atoms with van der Waals surface area (Å²) in [6.45, 7) is 12.1. The molecule has 0 radical (unpaired) electrons. The van der Waals surface area contributed by atoms with Gasteiger partial charge in [-0.05, 0) is 60.8 Å². The van der Waals surface area contributed by atoms with Crippen molar-refractivity contribution in [1.82, 2.24) is 0 Å². The van der Waals surface area contributed by atoms with Gasteiger partial charge >= 0.3 is 11.9 Å². The molecule has 0 bridgehead atoms. The molecule has 0 spiro atoms. The topological polar surface area (TPSA) is 194 Å². The monoisotopic (exact) mass is 700 g/mol. The van der Waals surface area contributed by atoms with E-state index in [-0.39, 0.29) is 40.8 Å². The average molecular weight is 701 g/mol. The smallest absolute Gasteiger partial charge is 0.310 e. The molecule has 216 valence electrons. The van der Waals surface area contributed by atoms with Crippen LogP contribution < -0.4 is 0 Å². The van der Waals surface area contributed by atoms with Crippen LogP contribution in [0.15, 0.2) is 53.9 Å². The first-order valence-electron chi connectivity index (χ1n) is 11.0. The van der Waals surface area contributed by atoms with E-state index in [0.29, 0.717) is 11.8 Å². The normalized spacial score (nSPS) is 10.7. The zero-order valence-corrected chi connectivity index (χ0v) is 25.1. The fraction of sp³-hybridized carbons (Fsp3) is 0.444. The summed E-state index contributed by atoms with van der Waals surface area (Å²) >= 11 is 0. The first-order valence-corrected chi connectivity index (χ1v) is 11.0. The molecule has 0 aliphatic rings. The number of carboxylic acids is 2. The van der Waals surface area contributed by atoms with Crippen molar-refractivity contribution in [3.8, 4) is 0 Å². The van der Waals surface area contributed by atoms with Crippen molar-refractivity contribution >= 4 is 11.9 Å². The molecule has 10 heteroatoms. The Morgan fingerprint density at radius 1 is 0.703 bits per heavy atom. The Morgan fingerprint density at radius 3 is 1.08 bits per heavy atom. The Kier molecular flexibility index (Phi) is 28.5. The van der Waals surface area contributed by atoms with Gasteiger partial charge in [-0.1, -0.05) is 76.2 Å². The molecule has 0 amide bonds. The van der Waals surface area contributed by atoms with Crippen molar-refractivity contribution in [1.29, 1.82) is 0 Å². The van der Waals surface area contributed by atoms with Crippen LogP contribution >= 0.6 is 0 Å². The van der Waals surface area contributed by atoms with Crippen molar-refractivity contribution in [3.63, 3.8) is 0 Å². The first-order chi connectivity index (χ1) is 15.4. The van der Waals surface area contributed by atoms with Gasteiger partial charge in [-0.3, -0.25) is 9.59 Å². The number of aliphatic carboxylic acids is 2. The van der Waals surface area contributed by atoms with Crippen LogP contribution in [0, 0.1) is 29.4 Å². The molecule has 0 aromatic heterocycles. The number of hydrogen-bond donors (Lipinski definition) is 2. The van der Waals surface area contributed by atoms with Crippen LogP contribution in [0.4, 0.5) is 0 Å². The van der Waals surface area contributed by atoms with Gasteiger partial charge in [0, 0.05) is 21.1 Å². The van der Waals surface area contributed by atoms with Gasteiger partial charge in [0.2, 0.25) is 0 Å². The molecule has 0 aliphatic carbocycles. The summed E-state index contributed by atoms with van der Waals surface area (Å²) in [4.78, 5) is 29.5. The Balaban J connectivity index is -0.000000152. The largest absolute Gasteiger partial charge is 0.693 e. The quantitative estimate of drug-likeness (QED) is 0.158. The molecule has 0 fully saturated rings. The zero-order chi connectivity index (χ0) is 25.6. The van der Waals surface area contributed by atoms with E-state index in [4.69, 9.17) is 20.3 Å². The number of nitrogens with two attached hydrogens (primary N) is 2. The molecule has 0 aliphatic heterocycles. The van der Waals surface area contributed by atoms with Gasteiger partial charge in [0.05, 0.1) is 11.8 Å². The van der Waals surface area contributed by atoms with Crippen molar-refractivity contribution in [2.75, 3.05) is 0 Å². The third-order valence-electron chi connectivity index (χ3n) is 4.99. The van der Waals surface area contributed by atoms with Crippen LogP contribution in [-0.4, -0.2) is 22.2 Å². The standard InChI is InChI=1S/2C13H18O2.CH3.HNO2.2H2N.Pt/c2*1-9(2)8-11-4-6-12(7-5-11)10(3)13(14)15;;2-1-3;;;/h2*4-7,9-10H,8H2,1-3H3,(H,14,15);1H3;(H,2,3);2*1H2;/q;;-1;;2*-1;/p-1. The van der Waals surface area contributed by atoms with Crippen LogP contribution in [0.25, 0.3) is 12.3 Å². The predicted octanol–water partition coefficient (Wildman–Crippen LogP) is 8.28. The number of rotatable bonds is 8. The van der Waals surface area contributed by atoms with E-state index in [1.54, 1.807) is 13.8 Å². The summed E-state index contributed by atoms with van der Waals surface area (Å²) in [5.74, 6) is -1.12. The number of benzene rings is 2. The summed E-state index contributed by atoms with van der Waals surface area (Å²) < 4.78 is 0. The Labute approximate surface area is 236 Å². The van der Waals surface area contributed by atoms with E-state index >= 15 is 0 Å². The number of carboxylic acid groups (broad SMARTS) is 2. The van der Waals surface area contributed by atoms with Crippen molar-refractivity contribution in [3.05, 3.63) is 101 Å². The van der Waals surface area contributed by atoms with Gasteiger partial charge < -0.3 is 40.1 Å². The minimum atomic E-state index is -0.772. The second kappa shape index (κ2) is 23.8. The minimum absolute atomic E-state index is 0. The van der Waals surface area contributed by atoms with Crippen LogP contribution in [0.5, 0.6) is 0 Å². The second-order valence-electron chi connectivity index (χ2n) is 8.87. The zero-order valence-electron chi connectivity index (χ0n) is 22.8. The van der Waals surface area contributed by atoms with Crippen LogP contribution in [0.2, 0.25) is 0 Å². The SMILES string of the molecule is CC(C)Cc1ccc(C(C)C(=O)O)cc1.CC(C)Cc1ccc(C(C)C(=O)O)cc1.O=N[O-].[CH3-].[NH2-].[NH2-].[Pt]. The molecule has 9 nitrogen and oxygen atoms in total. The van der Waals surface area contributed by atoms with Gasteiger partial charge in [0.1, 0.15) is 0 Å². The molecule has 0 heterocycles. The molecule has 2 unspecified atom stereocenters. The minimum Gasteiger partial charge on any atom is -0.693 e. The average Bonchev–Trinajstić information content (AvgIpc) is 2.74. The summed E-state index contributed by atoms with van der Waals surface area (Å²) in [5.41, 5.74) is 4.28. The first kappa shape index (κ1) is 44.4. The second-order valence-corrected chi connectivity index (χ2v) is 8.87. The maximum absolute atomic E-state index is 10.8. The number of hydrogen-bond acceptors (Lipinski definition) is 5. The Morgan fingerprint density at radius 2 is 0.919 bits per heavy atom. The summed E-state index contributed by atoms with van der Waals surface area (Å²) in [5, 5.41) is 26.7. The van der Waals surface area contributed by atoms with Gasteiger partial charge in [-0.25, -0.2) is 0 Å². The molecule has 2 aromatic rings. The molecule has 0 saturated carbocycles. The molecular weight excluding hydrogens is 657 g/mol. The van der Waals surface area contributed by atoms with E-state index in [0.717, 1.165) is 29.3 Å². The fourth-order valence-electron chi connectivity index (χ4n) is 3.11. The summed E-state index contributed by atoms with van der Waals surface area (Å²) in [6, 6.07) is 15.7. The van der Waals surface area contributed by atoms with E-state index in [9.17, 15) is 9.59 Å². The molecule has 0 saturated heterocycles. The molecule has 2 rings (SSSR count). The van der Waals surface area contributed by atoms with E-state index in [2.05, 4.69) is 27.7 Å². The van der Waals surface area contributed by atoms with E-state index in [1.165, 1.54) is 11.1 Å². The molecule has 2 aromatic carbocycles. The summed E-state index contributed by atoms with van der Waals surface area (Å²) in [6.07, 6.45) is 2.09. The fourth-order valence-corrected chi connectivity index (χ4v) is 3.11. The van der Waals surface area contributed by atoms with E-state index in [1.807, 2.05) is 48.5 Å². The van der Waals surface area contributed by atoms with Crippen molar-refractivity contribution < 1.29 is 40.9 Å². The molecule has 6 N–H and O–H groups in total. The third kappa shape index (κ3) is 19.2. The summed E-state index contributed by atoms with van der Waals surface area (Å²) in [7, 11) is 0. The molecular formula is C27H43N3O6Pt-4. The number of carbonyl (C=O) groups is 2. The van der Waals surface area contributed by atoms with Gasteiger partial charge in [0.25, 0.3) is 0 Å². The van der Waals surface area contributed by atoms with Crippen molar-refractivity contribution in [2.24, 2.45) is 17.2 Å². The molecule has 2 atom stereocenters. The van der Waals surface area contributed by atoms with E-state index < -0.39 is 23.8 Å². The van der Waals surface area contributed by atoms with Crippen molar-refractivity contribution in [2.45, 2.75) is 66.2 Å². The number of nitrogens with zero attached hydrogens (tertiary/aromatic N) is 1. The molecule has 37 heavy (non-hydrogen) atoms. The Bertz CT molecular complexity index is 790. The third-order valence-corrected chi connectivity index (χ3v) is 4.99. The van der Waals surface area contributed by atoms with Crippen LogP contribution in [0.1, 0.15) is 75.6 Å². The maximum atomic E-state index is 10.8. The van der Waals surface area contributed by atoms with Crippen LogP contribution in [-0.2, 0) is 43.5 Å². The Hall–Kier alpha value is -2.61. The maximum Gasteiger partial charge on any atom is 0.310 e.